The molecule has 3 rings (SSSR count). The first kappa shape index (κ1) is 17.8. The van der Waals surface area contributed by atoms with Crippen LogP contribution in [0.3, 0.4) is 0 Å². The van der Waals surface area contributed by atoms with Crippen molar-refractivity contribution >= 4 is 16.0 Å². The molecule has 10 nitrogen and oxygen atoms in total. The number of rotatable bonds is 5. The molecule has 138 valence electrons. The largest absolute Gasteiger partial charge is 0.481 e. The zero-order chi connectivity index (χ0) is 18.4. The van der Waals surface area contributed by atoms with Gasteiger partial charge in [-0.25, -0.2) is 17.5 Å². The Kier molecular flexibility index (Phi) is 4.33. The van der Waals surface area contributed by atoms with E-state index < -0.39 is 32.7 Å². The van der Waals surface area contributed by atoms with Crippen molar-refractivity contribution < 1.29 is 18.3 Å². The number of hydrogen-bond donors (Lipinski definition) is 3. The zero-order valence-corrected chi connectivity index (χ0v) is 14.5. The van der Waals surface area contributed by atoms with E-state index in [-0.39, 0.29) is 37.8 Å². The third-order valence-corrected chi connectivity index (χ3v) is 6.84. The van der Waals surface area contributed by atoms with Gasteiger partial charge in [-0.3, -0.25) is 19.5 Å². The minimum atomic E-state index is -3.44. The van der Waals surface area contributed by atoms with Gasteiger partial charge in [-0.2, -0.15) is 0 Å². The molecule has 2 atom stereocenters. The molecule has 2 aliphatic rings. The number of aromatic amines is 2. The molecular weight excluding hydrogens is 352 g/mol. The van der Waals surface area contributed by atoms with Gasteiger partial charge in [-0.15, -0.1) is 0 Å². The summed E-state index contributed by atoms with van der Waals surface area (Å²) in [6.07, 6.45) is 0. The smallest absolute Gasteiger partial charge is 0.325 e. The number of aliphatic carboxylic acids is 1. The molecule has 1 aromatic heterocycles. The predicted molar refractivity (Wildman–Crippen MR) is 87.6 cm³/mol. The maximum Gasteiger partial charge on any atom is 0.325 e. The molecule has 0 saturated carbocycles. The zero-order valence-electron chi connectivity index (χ0n) is 13.7. The Balaban J connectivity index is 1.81. The van der Waals surface area contributed by atoms with E-state index in [9.17, 15) is 27.9 Å². The molecule has 0 bridgehead atoms. The first-order valence-corrected chi connectivity index (χ1v) is 9.53. The number of likely N-dealkylation sites (tertiary alicyclic amines) is 1. The van der Waals surface area contributed by atoms with Gasteiger partial charge in [0, 0.05) is 50.4 Å². The van der Waals surface area contributed by atoms with E-state index in [1.165, 1.54) is 17.3 Å². The van der Waals surface area contributed by atoms with Gasteiger partial charge in [-0.1, -0.05) is 0 Å². The van der Waals surface area contributed by atoms with Gasteiger partial charge < -0.3 is 10.1 Å². The molecule has 0 aromatic carbocycles. The number of nitrogens with zero attached hydrogens (tertiary/aromatic N) is 2. The molecule has 3 N–H and O–H groups in total. The fraction of sp³-hybridized carbons (Fsp3) is 0.643. The number of carboxylic acid groups (broad SMARTS) is 1. The first-order valence-electron chi connectivity index (χ1n) is 7.92. The maximum atomic E-state index is 12.1. The normalized spacial score (nSPS) is 27.5. The number of carboxylic acids is 1. The second kappa shape index (κ2) is 6.07. The highest BCUT2D eigenvalue weighted by Crippen LogP contribution is 2.44. The summed E-state index contributed by atoms with van der Waals surface area (Å²) in [5.74, 6) is -1.42. The second-order valence-corrected chi connectivity index (χ2v) is 8.89. The maximum absolute atomic E-state index is 12.1. The van der Waals surface area contributed by atoms with Crippen LogP contribution in [0, 0.1) is 11.3 Å². The lowest BCUT2D eigenvalue weighted by Gasteiger charge is -2.25. The van der Waals surface area contributed by atoms with Crippen LogP contribution in [0.15, 0.2) is 15.7 Å². The lowest BCUT2D eigenvalue weighted by Crippen LogP contribution is -2.42. The van der Waals surface area contributed by atoms with Crippen molar-refractivity contribution in [3.8, 4) is 0 Å². The minimum Gasteiger partial charge on any atom is -0.481 e. The van der Waals surface area contributed by atoms with Crippen LogP contribution < -0.4 is 11.2 Å². The van der Waals surface area contributed by atoms with Gasteiger partial charge >= 0.3 is 11.7 Å². The molecule has 0 aliphatic carbocycles. The average Bonchev–Trinajstić information content (AvgIpc) is 3.01. The Bertz CT molecular complexity index is 878. The summed E-state index contributed by atoms with van der Waals surface area (Å²) in [5.41, 5.74) is -1.90. The van der Waals surface area contributed by atoms with E-state index in [1.54, 1.807) is 0 Å². The van der Waals surface area contributed by atoms with Crippen LogP contribution in [-0.4, -0.2) is 70.6 Å². The third-order valence-electron chi connectivity index (χ3n) is 5.04. The molecule has 2 aliphatic heterocycles. The van der Waals surface area contributed by atoms with Gasteiger partial charge in [0.25, 0.3) is 5.56 Å². The molecule has 1 aromatic rings. The highest BCUT2D eigenvalue weighted by Gasteiger charge is 2.59. The van der Waals surface area contributed by atoms with Crippen molar-refractivity contribution in [1.82, 2.24) is 19.2 Å². The second-order valence-electron chi connectivity index (χ2n) is 6.63. The van der Waals surface area contributed by atoms with Crippen LogP contribution in [0.4, 0.5) is 0 Å². The van der Waals surface area contributed by atoms with Crippen LogP contribution in [-0.2, 0) is 21.4 Å². The molecule has 0 amide bonds. The summed E-state index contributed by atoms with van der Waals surface area (Å²) in [5, 5.41) is 9.74. The lowest BCUT2D eigenvalue weighted by atomic mass is 9.81. The van der Waals surface area contributed by atoms with Crippen molar-refractivity contribution in [3.05, 3.63) is 32.6 Å². The van der Waals surface area contributed by atoms with Crippen LogP contribution >= 0.6 is 0 Å². The number of aromatic nitrogens is 2. The van der Waals surface area contributed by atoms with E-state index >= 15 is 0 Å². The van der Waals surface area contributed by atoms with Gasteiger partial charge in [0.2, 0.25) is 10.0 Å². The molecular formula is C14H20N4O6S. The van der Waals surface area contributed by atoms with Gasteiger partial charge in [0.05, 0.1) is 11.2 Å². The van der Waals surface area contributed by atoms with Gasteiger partial charge in [0.1, 0.15) is 0 Å². The highest BCUT2D eigenvalue weighted by atomic mass is 32.2. The topological polar surface area (TPSA) is 144 Å². The van der Waals surface area contributed by atoms with Crippen molar-refractivity contribution in [1.29, 1.82) is 0 Å². The monoisotopic (exact) mass is 372 g/mol. The number of H-pyrrole nitrogens is 2. The quantitative estimate of drug-likeness (QED) is 0.555. The van der Waals surface area contributed by atoms with Crippen molar-refractivity contribution in [2.75, 3.05) is 31.9 Å². The Labute approximate surface area is 143 Å². The van der Waals surface area contributed by atoms with Crippen LogP contribution in [0.2, 0.25) is 0 Å². The molecule has 2 saturated heterocycles. The SMILES string of the molecule is CCS(=O)(=O)N1C[C@@H]2CN(Cc3cc(=O)[nH]c(=O)[nH]3)C[C@]2(C(=O)O)C1. The van der Waals surface area contributed by atoms with Crippen molar-refractivity contribution in [3.63, 3.8) is 0 Å². The molecule has 25 heavy (non-hydrogen) atoms. The highest BCUT2D eigenvalue weighted by molar-refractivity contribution is 7.89. The van der Waals surface area contributed by atoms with Crippen LogP contribution in [0.1, 0.15) is 12.6 Å². The fourth-order valence-electron chi connectivity index (χ4n) is 3.79. The summed E-state index contributed by atoms with van der Waals surface area (Å²) < 4.78 is 25.4. The molecule has 3 heterocycles. The Morgan fingerprint density at radius 3 is 2.60 bits per heavy atom. The van der Waals surface area contributed by atoms with Gasteiger partial charge in [-0.05, 0) is 6.92 Å². The number of nitrogens with one attached hydrogen (secondary N) is 2. The number of fused-ring (bicyclic) bond motifs is 1. The molecule has 0 spiro atoms. The lowest BCUT2D eigenvalue weighted by molar-refractivity contribution is -0.148. The number of hydrogen-bond acceptors (Lipinski definition) is 6. The Morgan fingerprint density at radius 1 is 1.32 bits per heavy atom. The van der Waals surface area contributed by atoms with E-state index in [4.69, 9.17) is 0 Å². The van der Waals surface area contributed by atoms with Crippen LogP contribution in [0.25, 0.3) is 0 Å². The summed E-state index contributed by atoms with van der Waals surface area (Å²) in [6, 6.07) is 1.26. The summed E-state index contributed by atoms with van der Waals surface area (Å²) in [6.45, 7) is 2.43. The van der Waals surface area contributed by atoms with E-state index in [2.05, 4.69) is 9.97 Å². The molecule has 0 radical (unpaired) electrons. The van der Waals surface area contributed by atoms with E-state index in [1.807, 2.05) is 4.90 Å². The summed E-state index contributed by atoms with van der Waals surface area (Å²) in [7, 11) is -3.44. The third kappa shape index (κ3) is 3.14. The molecule has 11 heteroatoms. The molecule has 2 fully saturated rings. The average molecular weight is 372 g/mol. The first-order chi connectivity index (χ1) is 11.7. The predicted octanol–water partition coefficient (Wildman–Crippen LogP) is -1.77. The number of sulfonamides is 1. The standard InChI is InChI=1S/C14H20N4O6S/c1-2-25(23,24)18-5-9-4-17(7-14(9,8-18)12(20)21)6-10-3-11(19)16-13(22)15-10/h3,9H,2,4-8H2,1H3,(H,20,21)(H2,15,16,19,22)/t9-,14-/m0/s1. The van der Waals surface area contributed by atoms with E-state index in [0.29, 0.717) is 12.2 Å². The Hall–Kier alpha value is -1.98. The Morgan fingerprint density at radius 2 is 2.04 bits per heavy atom. The molecule has 0 unspecified atom stereocenters. The fourth-order valence-corrected chi connectivity index (χ4v) is 4.99. The summed E-state index contributed by atoms with van der Waals surface area (Å²) >= 11 is 0. The van der Waals surface area contributed by atoms with Crippen LogP contribution in [0.5, 0.6) is 0 Å². The number of carbonyl (C=O) groups is 1. The minimum absolute atomic E-state index is 0.0500. The van der Waals surface area contributed by atoms with Gasteiger partial charge in [0.15, 0.2) is 0 Å². The van der Waals surface area contributed by atoms with Crippen molar-refractivity contribution in [2.45, 2.75) is 13.5 Å². The van der Waals surface area contributed by atoms with E-state index in [0.717, 1.165) is 0 Å². The van der Waals surface area contributed by atoms with Crippen molar-refractivity contribution in [2.24, 2.45) is 11.3 Å². The summed E-state index contributed by atoms with van der Waals surface area (Å²) in [4.78, 5) is 41.1.